The highest BCUT2D eigenvalue weighted by Crippen LogP contribution is 2.26. The number of aromatic amines is 1. The number of nitrogens with two attached hydrogens (primary N) is 1. The van der Waals surface area contributed by atoms with Gasteiger partial charge >= 0.3 is 0 Å². The average Bonchev–Trinajstić information content (AvgIpc) is 2.37. The van der Waals surface area contributed by atoms with Gasteiger partial charge < -0.3 is 5.73 Å². The predicted octanol–water partition coefficient (Wildman–Crippen LogP) is 1.52. The molecule has 1 aromatic heterocycles. The highest BCUT2D eigenvalue weighted by molar-refractivity contribution is 8.03. The molecule has 1 rings (SSSR count). The Hall–Kier alpha value is -1.15. The molecule has 0 aliphatic heterocycles. The van der Waals surface area contributed by atoms with E-state index in [2.05, 4.69) is 17.1 Å². The van der Waals surface area contributed by atoms with Crippen molar-refractivity contribution in [1.82, 2.24) is 10.2 Å². The Morgan fingerprint density at radius 3 is 3.08 bits per heavy atom. The quantitative estimate of drug-likeness (QED) is 0.548. The summed E-state index contributed by atoms with van der Waals surface area (Å²) < 4.78 is 0. The number of aryl methyl sites for hydroxylation is 1. The van der Waals surface area contributed by atoms with E-state index in [1.807, 2.05) is 5.40 Å². The van der Waals surface area contributed by atoms with Gasteiger partial charge in [-0.25, -0.2) is 0 Å². The van der Waals surface area contributed by atoms with Crippen molar-refractivity contribution in [3.63, 3.8) is 0 Å². The van der Waals surface area contributed by atoms with Crippen LogP contribution in [-0.2, 0) is 6.42 Å². The number of thioether (sulfide) groups is 1. The molecule has 5 heteroatoms. The van der Waals surface area contributed by atoms with Crippen LogP contribution in [0.15, 0.2) is 4.90 Å². The number of nitriles is 1. The Balaban J connectivity index is 2.89. The van der Waals surface area contributed by atoms with Crippen molar-refractivity contribution in [2.45, 2.75) is 24.7 Å². The molecule has 0 radical (unpaired) electrons. The van der Waals surface area contributed by atoms with Crippen LogP contribution in [0.2, 0.25) is 0 Å². The largest absolute Gasteiger partial charge is 0.381 e. The SMILES string of the molecule is CCCc1[nH]nc(N)c1SC#N. The highest BCUT2D eigenvalue weighted by atomic mass is 32.2. The molecule has 0 atom stereocenters. The maximum Gasteiger partial charge on any atom is 0.160 e. The van der Waals surface area contributed by atoms with Gasteiger partial charge in [0.25, 0.3) is 0 Å². The standard InChI is InChI=1S/C7H10N4S/c1-2-3-5-6(12-4-8)7(9)11-10-5/h2-3H2,1H3,(H3,9,10,11). The maximum atomic E-state index is 8.47. The van der Waals surface area contributed by atoms with Crippen LogP contribution < -0.4 is 5.73 Å². The molecule has 4 nitrogen and oxygen atoms in total. The van der Waals surface area contributed by atoms with Gasteiger partial charge in [-0.3, -0.25) is 5.10 Å². The summed E-state index contributed by atoms with van der Waals surface area (Å²) in [7, 11) is 0. The number of anilines is 1. The number of nitrogen functional groups attached to an aromatic ring is 1. The molecule has 3 N–H and O–H groups in total. The number of hydrogen-bond acceptors (Lipinski definition) is 4. The fraction of sp³-hybridized carbons (Fsp3) is 0.429. The maximum absolute atomic E-state index is 8.47. The molecule has 0 spiro atoms. The van der Waals surface area contributed by atoms with Gasteiger partial charge in [-0.2, -0.15) is 10.4 Å². The Morgan fingerprint density at radius 2 is 2.50 bits per heavy atom. The molecule has 0 amide bonds. The molecule has 1 heterocycles. The van der Waals surface area contributed by atoms with Crippen LogP contribution in [0, 0.1) is 10.7 Å². The summed E-state index contributed by atoms with van der Waals surface area (Å²) in [5.41, 5.74) is 6.50. The van der Waals surface area contributed by atoms with Gasteiger partial charge in [-0.1, -0.05) is 13.3 Å². The molecule has 0 saturated heterocycles. The minimum atomic E-state index is 0.421. The second-order valence-corrected chi connectivity index (χ2v) is 3.15. The highest BCUT2D eigenvalue weighted by Gasteiger charge is 2.09. The van der Waals surface area contributed by atoms with Gasteiger partial charge in [0.05, 0.1) is 10.6 Å². The fourth-order valence-electron chi connectivity index (χ4n) is 0.963. The number of hydrogen-bond donors (Lipinski definition) is 2. The lowest BCUT2D eigenvalue weighted by Crippen LogP contribution is -1.87. The number of nitrogens with one attached hydrogen (secondary N) is 1. The van der Waals surface area contributed by atoms with E-state index < -0.39 is 0 Å². The van der Waals surface area contributed by atoms with Crippen LogP contribution in [0.25, 0.3) is 0 Å². The number of nitrogens with zero attached hydrogens (tertiary/aromatic N) is 2. The van der Waals surface area contributed by atoms with E-state index in [9.17, 15) is 0 Å². The molecule has 0 saturated carbocycles. The van der Waals surface area contributed by atoms with Crippen molar-refractivity contribution < 1.29 is 0 Å². The van der Waals surface area contributed by atoms with Crippen LogP contribution in [-0.4, -0.2) is 10.2 Å². The van der Waals surface area contributed by atoms with Crippen molar-refractivity contribution in [2.24, 2.45) is 0 Å². The number of H-pyrrole nitrogens is 1. The van der Waals surface area contributed by atoms with Gasteiger partial charge in [0.1, 0.15) is 5.40 Å². The molecule has 12 heavy (non-hydrogen) atoms. The van der Waals surface area contributed by atoms with Crippen molar-refractivity contribution >= 4 is 17.6 Å². The summed E-state index contributed by atoms with van der Waals surface area (Å²) in [6.45, 7) is 2.07. The van der Waals surface area contributed by atoms with Crippen molar-refractivity contribution in [3.8, 4) is 5.40 Å². The molecule has 0 aliphatic rings. The zero-order valence-corrected chi connectivity index (χ0v) is 7.61. The Labute approximate surface area is 75.1 Å². The normalized spacial score (nSPS) is 9.67. The number of thiocyanates is 1. The van der Waals surface area contributed by atoms with Gasteiger partial charge in [0, 0.05) is 0 Å². The first-order valence-corrected chi connectivity index (χ1v) is 4.49. The first-order valence-electron chi connectivity index (χ1n) is 3.68. The zero-order chi connectivity index (χ0) is 8.97. The Kier molecular flexibility index (Phi) is 3.00. The fourth-order valence-corrected chi connectivity index (χ4v) is 1.48. The molecule has 0 bridgehead atoms. The predicted molar refractivity (Wildman–Crippen MR) is 48.5 cm³/mol. The monoisotopic (exact) mass is 182 g/mol. The van der Waals surface area contributed by atoms with Crippen LogP contribution in [0.5, 0.6) is 0 Å². The minimum Gasteiger partial charge on any atom is -0.381 e. The van der Waals surface area contributed by atoms with E-state index in [1.165, 1.54) is 0 Å². The second kappa shape index (κ2) is 4.02. The van der Waals surface area contributed by atoms with Gasteiger partial charge in [0.15, 0.2) is 5.82 Å². The summed E-state index contributed by atoms with van der Waals surface area (Å²) in [5, 5.41) is 17.1. The summed E-state index contributed by atoms with van der Waals surface area (Å²) in [6.07, 6.45) is 1.90. The van der Waals surface area contributed by atoms with Crippen molar-refractivity contribution in [3.05, 3.63) is 5.69 Å². The summed E-state index contributed by atoms with van der Waals surface area (Å²) in [4.78, 5) is 0.777. The lowest BCUT2D eigenvalue weighted by Gasteiger charge is -1.94. The lowest BCUT2D eigenvalue weighted by molar-refractivity contribution is 0.853. The molecule has 0 fully saturated rings. The third-order valence-electron chi connectivity index (χ3n) is 1.47. The van der Waals surface area contributed by atoms with Crippen molar-refractivity contribution in [1.29, 1.82) is 5.26 Å². The summed E-state index contributed by atoms with van der Waals surface area (Å²) in [6, 6.07) is 0. The lowest BCUT2D eigenvalue weighted by atomic mass is 10.2. The average molecular weight is 182 g/mol. The Bertz CT molecular complexity index is 299. The van der Waals surface area contributed by atoms with E-state index >= 15 is 0 Å². The molecule has 0 unspecified atom stereocenters. The minimum absolute atomic E-state index is 0.421. The number of aromatic nitrogens is 2. The van der Waals surface area contributed by atoms with E-state index in [4.69, 9.17) is 11.0 Å². The van der Waals surface area contributed by atoms with Gasteiger partial charge in [0.2, 0.25) is 0 Å². The van der Waals surface area contributed by atoms with Crippen LogP contribution in [0.3, 0.4) is 0 Å². The van der Waals surface area contributed by atoms with Crippen molar-refractivity contribution in [2.75, 3.05) is 5.73 Å². The first kappa shape index (κ1) is 8.94. The summed E-state index contributed by atoms with van der Waals surface area (Å²) >= 11 is 1.06. The molecular formula is C7H10N4S. The van der Waals surface area contributed by atoms with E-state index in [0.29, 0.717) is 5.82 Å². The van der Waals surface area contributed by atoms with Gasteiger partial charge in [-0.05, 0) is 18.2 Å². The number of rotatable bonds is 3. The van der Waals surface area contributed by atoms with E-state index in [1.54, 1.807) is 0 Å². The molecule has 64 valence electrons. The third kappa shape index (κ3) is 1.71. The van der Waals surface area contributed by atoms with E-state index in [0.717, 1.165) is 35.2 Å². The van der Waals surface area contributed by atoms with Crippen LogP contribution in [0.4, 0.5) is 5.82 Å². The topological polar surface area (TPSA) is 78.5 Å². The van der Waals surface area contributed by atoms with E-state index in [-0.39, 0.29) is 0 Å². The zero-order valence-electron chi connectivity index (χ0n) is 6.79. The molecule has 0 aromatic carbocycles. The van der Waals surface area contributed by atoms with Gasteiger partial charge in [-0.15, -0.1) is 0 Å². The van der Waals surface area contributed by atoms with Crippen LogP contribution in [0.1, 0.15) is 19.0 Å². The smallest absolute Gasteiger partial charge is 0.160 e. The second-order valence-electron chi connectivity index (χ2n) is 2.36. The first-order chi connectivity index (χ1) is 5.79. The van der Waals surface area contributed by atoms with Crippen LogP contribution >= 0.6 is 11.8 Å². The summed E-state index contributed by atoms with van der Waals surface area (Å²) in [5.74, 6) is 0.421. The molecule has 1 aromatic rings. The molecular weight excluding hydrogens is 172 g/mol. The Morgan fingerprint density at radius 1 is 1.75 bits per heavy atom. The third-order valence-corrected chi connectivity index (χ3v) is 2.22. The molecule has 0 aliphatic carbocycles.